The second-order valence-electron chi connectivity index (χ2n) is 8.53. The molecule has 1 atom stereocenters. The largest absolute Gasteiger partial charge is 0.507 e. The summed E-state index contributed by atoms with van der Waals surface area (Å²) in [6, 6.07) is 11.9. The third-order valence-electron chi connectivity index (χ3n) is 6.47. The fourth-order valence-corrected chi connectivity index (χ4v) is 4.89. The number of amides is 2. The van der Waals surface area contributed by atoms with E-state index in [0.29, 0.717) is 42.2 Å². The number of benzene rings is 2. The molecule has 2 aromatic carbocycles. The van der Waals surface area contributed by atoms with Gasteiger partial charge in [-0.3, -0.25) is 14.4 Å². The van der Waals surface area contributed by atoms with Crippen molar-refractivity contribution in [3.05, 3.63) is 77.4 Å². The van der Waals surface area contributed by atoms with E-state index in [9.17, 15) is 19.5 Å². The number of carbonyl (C=O) groups excluding carboxylic acids is 3. The highest BCUT2D eigenvalue weighted by Gasteiger charge is 2.66. The number of hydrogen-bond acceptors (Lipinski definition) is 6. The molecule has 2 aliphatic rings. The van der Waals surface area contributed by atoms with E-state index < -0.39 is 28.9 Å². The molecule has 1 unspecified atom stereocenters. The summed E-state index contributed by atoms with van der Waals surface area (Å²) in [5.41, 5.74) is 0.0844. The highest BCUT2D eigenvalue weighted by Crippen LogP contribution is 2.53. The summed E-state index contributed by atoms with van der Waals surface area (Å²) in [6.45, 7) is 6.21. The highest BCUT2D eigenvalue weighted by molar-refractivity contribution is 6.50. The van der Waals surface area contributed by atoms with Crippen molar-refractivity contribution in [1.29, 1.82) is 0 Å². The van der Waals surface area contributed by atoms with Crippen LogP contribution in [0.4, 0.5) is 5.69 Å². The summed E-state index contributed by atoms with van der Waals surface area (Å²) in [5.74, 6) is -2.01. The Morgan fingerprint density at radius 1 is 1.17 bits per heavy atom. The average molecular weight is 477 g/mol. The van der Waals surface area contributed by atoms with Crippen LogP contribution in [0.3, 0.4) is 0 Å². The molecule has 0 aliphatic carbocycles. The Bertz CT molecular complexity index is 1250. The molecule has 8 heteroatoms. The number of ether oxygens (including phenoxy) is 2. The predicted molar refractivity (Wildman–Crippen MR) is 131 cm³/mol. The van der Waals surface area contributed by atoms with Crippen molar-refractivity contribution in [2.24, 2.45) is 0 Å². The summed E-state index contributed by atoms with van der Waals surface area (Å²) in [5, 5.41) is 11.5. The van der Waals surface area contributed by atoms with E-state index in [2.05, 4.69) is 6.58 Å². The number of methoxy groups -OCH3 is 1. The van der Waals surface area contributed by atoms with Gasteiger partial charge in [0.1, 0.15) is 18.1 Å². The van der Waals surface area contributed by atoms with Crippen molar-refractivity contribution in [3.8, 4) is 5.75 Å². The fraction of sp³-hybridized carbons (Fsp3) is 0.296. The number of para-hydroxylation sites is 1. The molecule has 1 fully saturated rings. The molecule has 1 spiro atoms. The zero-order chi connectivity index (χ0) is 25.3. The van der Waals surface area contributed by atoms with E-state index in [1.807, 2.05) is 0 Å². The smallest absolute Gasteiger partial charge is 0.296 e. The summed E-state index contributed by atoms with van der Waals surface area (Å²) in [4.78, 5) is 43.3. The number of likely N-dealkylation sites (N-methyl/N-ethyl adjacent to an activating group) is 1. The van der Waals surface area contributed by atoms with Crippen LogP contribution in [0.5, 0.6) is 5.75 Å². The van der Waals surface area contributed by atoms with Gasteiger partial charge in [0.05, 0.1) is 5.57 Å². The lowest BCUT2D eigenvalue weighted by Gasteiger charge is -2.34. The van der Waals surface area contributed by atoms with Gasteiger partial charge >= 0.3 is 0 Å². The van der Waals surface area contributed by atoms with Crippen LogP contribution < -0.4 is 9.64 Å². The zero-order valence-electron chi connectivity index (χ0n) is 20.0. The lowest BCUT2D eigenvalue weighted by molar-refractivity contribution is -0.143. The second-order valence-corrected chi connectivity index (χ2v) is 8.53. The third kappa shape index (κ3) is 3.61. The molecule has 0 saturated carbocycles. The Kier molecular flexibility index (Phi) is 6.49. The molecule has 0 bridgehead atoms. The maximum absolute atomic E-state index is 13.9. The first-order valence-electron chi connectivity index (χ1n) is 11.3. The van der Waals surface area contributed by atoms with Crippen molar-refractivity contribution in [2.75, 3.05) is 38.8 Å². The quantitative estimate of drug-likeness (QED) is 0.207. The Labute approximate surface area is 204 Å². The number of hydrogen-bond donors (Lipinski definition) is 1. The SMILES string of the molecule is C=CCOc1ccc(/C(O)=C2/C(=O)C(=O)N(CCCOC)C23C(=O)N(C)c2ccccc23)cc1C. The number of aliphatic hydroxyl groups excluding tert-OH is 1. The molecule has 8 nitrogen and oxygen atoms in total. The van der Waals surface area contributed by atoms with Gasteiger partial charge in [0.25, 0.3) is 17.6 Å². The Morgan fingerprint density at radius 2 is 1.91 bits per heavy atom. The topological polar surface area (TPSA) is 96.4 Å². The van der Waals surface area contributed by atoms with E-state index in [1.165, 1.54) is 9.80 Å². The molecule has 182 valence electrons. The summed E-state index contributed by atoms with van der Waals surface area (Å²) in [7, 11) is 3.14. The molecule has 2 amide bonds. The average Bonchev–Trinajstić information content (AvgIpc) is 3.21. The van der Waals surface area contributed by atoms with Crippen LogP contribution in [0.15, 0.2) is 60.7 Å². The molecule has 0 radical (unpaired) electrons. The number of rotatable bonds is 8. The minimum absolute atomic E-state index is 0.108. The van der Waals surface area contributed by atoms with Crippen molar-refractivity contribution < 1.29 is 29.0 Å². The Hall–Kier alpha value is -3.91. The molecule has 1 saturated heterocycles. The van der Waals surface area contributed by atoms with Gasteiger partial charge < -0.3 is 24.4 Å². The molecule has 2 aromatic rings. The monoisotopic (exact) mass is 476 g/mol. The first-order chi connectivity index (χ1) is 16.8. The lowest BCUT2D eigenvalue weighted by Crippen LogP contribution is -2.51. The Balaban J connectivity index is 1.95. The minimum atomic E-state index is -1.76. The second kappa shape index (κ2) is 9.38. The zero-order valence-corrected chi connectivity index (χ0v) is 20.0. The van der Waals surface area contributed by atoms with Crippen LogP contribution in [0.25, 0.3) is 5.76 Å². The summed E-state index contributed by atoms with van der Waals surface area (Å²) < 4.78 is 10.7. The number of ketones is 1. The van der Waals surface area contributed by atoms with E-state index >= 15 is 0 Å². The van der Waals surface area contributed by atoms with Gasteiger partial charge in [0, 0.05) is 44.1 Å². The van der Waals surface area contributed by atoms with E-state index in [4.69, 9.17) is 9.47 Å². The molecule has 2 heterocycles. The number of aryl methyl sites for hydroxylation is 1. The minimum Gasteiger partial charge on any atom is -0.507 e. The molecule has 2 aliphatic heterocycles. The van der Waals surface area contributed by atoms with E-state index in [-0.39, 0.29) is 12.1 Å². The number of nitrogens with zero attached hydrogens (tertiary/aromatic N) is 2. The standard InChI is InChI=1S/C27H28N2O6/c1-5-14-35-21-12-11-18(16-17(21)2)23(30)22-24(31)25(32)29(13-8-15-34-4)27(22)19-9-6-7-10-20(19)28(3)26(27)33/h5-7,9-12,16,30H,1,8,13-15H2,2-4H3/b23-22+. The number of carbonyl (C=O) groups is 3. The number of fused-ring (bicyclic) bond motifs is 2. The van der Waals surface area contributed by atoms with Gasteiger partial charge in [0.15, 0.2) is 5.54 Å². The summed E-state index contributed by atoms with van der Waals surface area (Å²) >= 11 is 0. The maximum Gasteiger partial charge on any atom is 0.296 e. The molecule has 4 rings (SSSR count). The van der Waals surface area contributed by atoms with Crippen LogP contribution in [0, 0.1) is 6.92 Å². The van der Waals surface area contributed by atoms with Gasteiger partial charge in [0.2, 0.25) is 0 Å². The van der Waals surface area contributed by atoms with E-state index in [0.717, 1.165) is 5.56 Å². The van der Waals surface area contributed by atoms with Crippen molar-refractivity contribution in [1.82, 2.24) is 4.90 Å². The van der Waals surface area contributed by atoms with Crippen molar-refractivity contribution in [3.63, 3.8) is 0 Å². The lowest BCUT2D eigenvalue weighted by atomic mass is 9.81. The first kappa shape index (κ1) is 24.2. The molecular weight excluding hydrogens is 448 g/mol. The van der Waals surface area contributed by atoms with Crippen LogP contribution in [0.2, 0.25) is 0 Å². The van der Waals surface area contributed by atoms with Gasteiger partial charge in [-0.05, 0) is 43.2 Å². The number of aliphatic hydroxyl groups is 1. The first-order valence-corrected chi connectivity index (χ1v) is 11.3. The molecule has 1 N–H and O–H groups in total. The Morgan fingerprint density at radius 3 is 2.60 bits per heavy atom. The van der Waals surface area contributed by atoms with Crippen LogP contribution in [0.1, 0.15) is 23.1 Å². The van der Waals surface area contributed by atoms with Crippen LogP contribution in [-0.2, 0) is 24.7 Å². The van der Waals surface area contributed by atoms with E-state index in [1.54, 1.807) is 69.6 Å². The number of anilines is 1. The van der Waals surface area contributed by atoms with Crippen molar-refractivity contribution >= 4 is 29.0 Å². The van der Waals surface area contributed by atoms with Crippen LogP contribution in [-0.4, -0.2) is 61.5 Å². The van der Waals surface area contributed by atoms with Crippen LogP contribution >= 0.6 is 0 Å². The molecule has 35 heavy (non-hydrogen) atoms. The number of Topliss-reactive ketones (excluding diaryl/α,β-unsaturated/α-hetero) is 1. The predicted octanol–water partition coefficient (Wildman–Crippen LogP) is 3.15. The van der Waals surface area contributed by atoms with Gasteiger partial charge in [-0.1, -0.05) is 30.9 Å². The molecule has 0 aromatic heterocycles. The maximum atomic E-state index is 13.9. The van der Waals surface area contributed by atoms with Gasteiger partial charge in [-0.2, -0.15) is 0 Å². The van der Waals surface area contributed by atoms with Crippen molar-refractivity contribution in [2.45, 2.75) is 18.9 Å². The van der Waals surface area contributed by atoms with Gasteiger partial charge in [-0.25, -0.2) is 0 Å². The number of likely N-dealkylation sites (tertiary alicyclic amines) is 1. The third-order valence-corrected chi connectivity index (χ3v) is 6.47. The normalized spacial score (nSPS) is 20.6. The van der Waals surface area contributed by atoms with Gasteiger partial charge in [-0.15, -0.1) is 0 Å². The fourth-order valence-electron chi connectivity index (χ4n) is 4.89. The highest BCUT2D eigenvalue weighted by atomic mass is 16.5. The summed E-state index contributed by atoms with van der Waals surface area (Å²) in [6.07, 6.45) is 2.04. The molecular formula is C27H28N2O6.